The van der Waals surface area contributed by atoms with E-state index in [0.29, 0.717) is 29.6 Å². The zero-order valence-corrected chi connectivity index (χ0v) is 13.9. The number of nitrogens with zero attached hydrogens (tertiary/aromatic N) is 2. The first-order valence-corrected chi connectivity index (χ1v) is 8.09. The van der Waals surface area contributed by atoms with Crippen LogP contribution in [0.5, 0.6) is 11.5 Å². The van der Waals surface area contributed by atoms with E-state index in [1.807, 2.05) is 19.1 Å². The van der Waals surface area contributed by atoms with Gasteiger partial charge in [0.1, 0.15) is 12.4 Å². The van der Waals surface area contributed by atoms with Gasteiger partial charge in [0.25, 0.3) is 5.91 Å². The molecule has 2 N–H and O–H groups in total. The second kappa shape index (κ2) is 5.80. The number of anilines is 2. The SMILES string of the molecule is C[C@@H]1Cc2c(NC(=O)[C@H]3COc4ccccc4O3)nn(C)c2NC1=O. The highest BCUT2D eigenvalue weighted by Crippen LogP contribution is 2.33. The number of hydrogen-bond acceptors (Lipinski definition) is 5. The van der Waals surface area contributed by atoms with Gasteiger partial charge < -0.3 is 20.1 Å². The molecule has 0 saturated heterocycles. The Morgan fingerprint density at radius 1 is 1.36 bits per heavy atom. The highest BCUT2D eigenvalue weighted by atomic mass is 16.6. The average Bonchev–Trinajstić information content (AvgIpc) is 2.90. The van der Waals surface area contributed by atoms with Crippen molar-refractivity contribution in [2.45, 2.75) is 19.4 Å². The third kappa shape index (κ3) is 2.69. The molecule has 130 valence electrons. The van der Waals surface area contributed by atoms with Crippen LogP contribution >= 0.6 is 0 Å². The predicted molar refractivity (Wildman–Crippen MR) is 89.7 cm³/mol. The molecule has 2 amide bonds. The lowest BCUT2D eigenvalue weighted by molar-refractivity contribution is -0.125. The van der Waals surface area contributed by atoms with Gasteiger partial charge in [-0.25, -0.2) is 0 Å². The highest BCUT2D eigenvalue weighted by molar-refractivity contribution is 5.99. The molecule has 4 rings (SSSR count). The minimum atomic E-state index is -0.761. The second-order valence-electron chi connectivity index (χ2n) is 6.25. The summed E-state index contributed by atoms with van der Waals surface area (Å²) in [6.07, 6.45) is -0.238. The minimum absolute atomic E-state index is 0.0472. The van der Waals surface area contributed by atoms with Crippen LogP contribution < -0.4 is 20.1 Å². The second-order valence-corrected chi connectivity index (χ2v) is 6.25. The van der Waals surface area contributed by atoms with Gasteiger partial charge in [-0.05, 0) is 18.6 Å². The van der Waals surface area contributed by atoms with Gasteiger partial charge in [-0.15, -0.1) is 0 Å². The van der Waals surface area contributed by atoms with Crippen molar-refractivity contribution in [1.82, 2.24) is 9.78 Å². The Labute approximate surface area is 144 Å². The fraction of sp³-hybridized carbons (Fsp3) is 0.353. The third-order valence-corrected chi connectivity index (χ3v) is 4.39. The van der Waals surface area contributed by atoms with E-state index < -0.39 is 6.10 Å². The van der Waals surface area contributed by atoms with Crippen molar-refractivity contribution in [3.05, 3.63) is 29.8 Å². The van der Waals surface area contributed by atoms with Crippen LogP contribution in [-0.2, 0) is 23.1 Å². The molecular formula is C17H18N4O4. The molecule has 25 heavy (non-hydrogen) atoms. The Kier molecular flexibility index (Phi) is 3.60. The molecule has 0 spiro atoms. The molecule has 0 bridgehead atoms. The minimum Gasteiger partial charge on any atom is -0.485 e. The van der Waals surface area contributed by atoms with Gasteiger partial charge in [0.2, 0.25) is 12.0 Å². The standard InChI is InChI=1S/C17H18N4O4/c1-9-7-10-14(20-21(2)15(10)19-16(9)22)18-17(23)13-8-24-11-5-3-4-6-12(11)25-13/h3-6,9,13H,7-8H2,1-2H3,(H,19,22)(H,18,20,23)/t9-,13-/m1/s1. The van der Waals surface area contributed by atoms with Crippen molar-refractivity contribution in [2.24, 2.45) is 13.0 Å². The monoisotopic (exact) mass is 342 g/mol. The van der Waals surface area contributed by atoms with E-state index in [0.717, 1.165) is 5.56 Å². The fourth-order valence-electron chi connectivity index (χ4n) is 3.00. The number of carbonyl (C=O) groups is 2. The van der Waals surface area contributed by atoms with Gasteiger partial charge in [0.05, 0.1) is 0 Å². The lowest BCUT2D eigenvalue weighted by Gasteiger charge is -2.25. The molecule has 2 aliphatic rings. The molecular weight excluding hydrogens is 324 g/mol. The number of amides is 2. The highest BCUT2D eigenvalue weighted by Gasteiger charge is 2.32. The molecule has 3 heterocycles. The van der Waals surface area contributed by atoms with Gasteiger partial charge in [-0.3, -0.25) is 14.3 Å². The van der Waals surface area contributed by atoms with Gasteiger partial charge >= 0.3 is 0 Å². The molecule has 2 aromatic rings. The zero-order valence-electron chi connectivity index (χ0n) is 13.9. The van der Waals surface area contributed by atoms with E-state index in [2.05, 4.69) is 15.7 Å². The Balaban J connectivity index is 1.53. The summed E-state index contributed by atoms with van der Waals surface area (Å²) in [5.74, 6) is 1.67. The van der Waals surface area contributed by atoms with Gasteiger partial charge in [-0.1, -0.05) is 19.1 Å². The number of aromatic nitrogens is 2. The molecule has 1 aromatic heterocycles. The van der Waals surface area contributed by atoms with Crippen molar-refractivity contribution in [3.63, 3.8) is 0 Å². The van der Waals surface area contributed by atoms with Crippen LogP contribution in [0.4, 0.5) is 11.6 Å². The number of aryl methyl sites for hydroxylation is 1. The third-order valence-electron chi connectivity index (χ3n) is 4.39. The molecule has 8 nitrogen and oxygen atoms in total. The fourth-order valence-corrected chi connectivity index (χ4v) is 3.00. The average molecular weight is 342 g/mol. The van der Waals surface area contributed by atoms with Crippen molar-refractivity contribution < 1.29 is 19.1 Å². The maximum atomic E-state index is 12.6. The van der Waals surface area contributed by atoms with Crippen LogP contribution in [0, 0.1) is 5.92 Å². The van der Waals surface area contributed by atoms with Crippen molar-refractivity contribution >= 4 is 23.5 Å². The Hall–Kier alpha value is -3.03. The summed E-state index contributed by atoms with van der Waals surface area (Å²) in [6, 6.07) is 7.22. The van der Waals surface area contributed by atoms with Crippen molar-refractivity contribution in [1.29, 1.82) is 0 Å². The summed E-state index contributed by atoms with van der Waals surface area (Å²) in [6.45, 7) is 1.97. The molecule has 2 atom stereocenters. The molecule has 1 aromatic carbocycles. The van der Waals surface area contributed by atoms with Crippen LogP contribution in [-0.4, -0.2) is 34.3 Å². The number of carbonyl (C=O) groups excluding carboxylic acids is 2. The molecule has 0 saturated carbocycles. The first-order valence-electron chi connectivity index (χ1n) is 8.09. The topological polar surface area (TPSA) is 94.5 Å². The molecule has 2 aliphatic heterocycles. The Morgan fingerprint density at radius 3 is 2.92 bits per heavy atom. The number of rotatable bonds is 2. The molecule has 8 heteroatoms. The van der Waals surface area contributed by atoms with E-state index >= 15 is 0 Å². The van der Waals surface area contributed by atoms with E-state index in [1.54, 1.807) is 23.9 Å². The van der Waals surface area contributed by atoms with E-state index in [9.17, 15) is 9.59 Å². The van der Waals surface area contributed by atoms with Gasteiger partial charge in [-0.2, -0.15) is 5.10 Å². The predicted octanol–water partition coefficient (Wildman–Crippen LogP) is 1.33. The number of para-hydroxylation sites is 2. The number of nitrogens with one attached hydrogen (secondary N) is 2. The molecule has 0 aliphatic carbocycles. The summed E-state index contributed by atoms with van der Waals surface area (Å²) in [4.78, 5) is 24.4. The first-order chi connectivity index (χ1) is 12.0. The molecule has 0 fully saturated rings. The number of hydrogen-bond donors (Lipinski definition) is 2. The van der Waals surface area contributed by atoms with Crippen molar-refractivity contribution in [2.75, 3.05) is 17.2 Å². The maximum absolute atomic E-state index is 12.6. The zero-order chi connectivity index (χ0) is 17.6. The number of ether oxygens (including phenoxy) is 2. The quantitative estimate of drug-likeness (QED) is 0.859. The summed E-state index contributed by atoms with van der Waals surface area (Å²) in [7, 11) is 1.72. The van der Waals surface area contributed by atoms with Crippen LogP contribution in [0.15, 0.2) is 24.3 Å². The smallest absolute Gasteiger partial charge is 0.270 e. The van der Waals surface area contributed by atoms with E-state index in [1.165, 1.54) is 0 Å². The van der Waals surface area contributed by atoms with Crippen LogP contribution in [0.2, 0.25) is 0 Å². The van der Waals surface area contributed by atoms with E-state index in [-0.39, 0.29) is 24.3 Å². The van der Waals surface area contributed by atoms with E-state index in [4.69, 9.17) is 9.47 Å². The van der Waals surface area contributed by atoms with Gasteiger partial charge in [0.15, 0.2) is 17.3 Å². The molecule has 0 radical (unpaired) electrons. The Bertz CT molecular complexity index is 860. The maximum Gasteiger partial charge on any atom is 0.270 e. The molecule has 0 unspecified atom stereocenters. The lowest BCUT2D eigenvalue weighted by Crippen LogP contribution is -2.40. The van der Waals surface area contributed by atoms with Crippen molar-refractivity contribution in [3.8, 4) is 11.5 Å². The summed E-state index contributed by atoms with van der Waals surface area (Å²) in [5.41, 5.74) is 0.820. The normalized spacial score (nSPS) is 21.3. The van der Waals surface area contributed by atoms with Crippen LogP contribution in [0.25, 0.3) is 0 Å². The summed E-state index contributed by atoms with van der Waals surface area (Å²) in [5, 5.41) is 9.93. The number of fused-ring (bicyclic) bond motifs is 2. The van der Waals surface area contributed by atoms with Crippen LogP contribution in [0.3, 0.4) is 0 Å². The number of benzene rings is 1. The van der Waals surface area contributed by atoms with Gasteiger partial charge in [0, 0.05) is 18.5 Å². The largest absolute Gasteiger partial charge is 0.485 e. The van der Waals surface area contributed by atoms with Crippen LogP contribution in [0.1, 0.15) is 12.5 Å². The first kappa shape index (κ1) is 15.5. The summed E-state index contributed by atoms with van der Waals surface area (Å²) < 4.78 is 12.8. The summed E-state index contributed by atoms with van der Waals surface area (Å²) >= 11 is 0. The lowest BCUT2D eigenvalue weighted by atomic mass is 9.98. The Morgan fingerprint density at radius 2 is 2.12 bits per heavy atom.